The molecular formula is C12H15NO2. The summed E-state index contributed by atoms with van der Waals surface area (Å²) in [5, 5.41) is 0. The summed E-state index contributed by atoms with van der Waals surface area (Å²) in [5.41, 5.74) is 0.924. The van der Waals surface area contributed by atoms with Gasteiger partial charge in [-0.05, 0) is 18.2 Å². The van der Waals surface area contributed by atoms with Gasteiger partial charge in [0.2, 0.25) is 0 Å². The van der Waals surface area contributed by atoms with E-state index in [9.17, 15) is 4.79 Å². The molecule has 0 atom stereocenters. The number of carbonyl (C=O) groups is 1. The van der Waals surface area contributed by atoms with E-state index < -0.39 is 0 Å². The third-order valence-electron chi connectivity index (χ3n) is 1.40. The Bertz CT molecular complexity index is 307. The first-order valence-electron chi connectivity index (χ1n) is 4.58. The maximum absolute atomic E-state index is 10.1. The van der Waals surface area contributed by atoms with Crippen LogP contribution in [0, 0.1) is 0 Å². The molecule has 1 aromatic heterocycles. The number of pyridine rings is 1. The Kier molecular flexibility index (Phi) is 7.59. The standard InChI is InChI=1S/C7H7N.C5H8O2/c1-2-7-5-3-4-6-8-7;1-3-5(6)7-4-2/h2-6H,1H2;4H,2-3H2,1H3. The topological polar surface area (TPSA) is 39.2 Å². The van der Waals surface area contributed by atoms with Crippen molar-refractivity contribution in [3.63, 3.8) is 0 Å². The molecule has 1 rings (SSSR count). The van der Waals surface area contributed by atoms with Gasteiger partial charge >= 0.3 is 5.97 Å². The van der Waals surface area contributed by atoms with Crippen LogP contribution >= 0.6 is 0 Å². The summed E-state index contributed by atoms with van der Waals surface area (Å²) in [6.07, 6.45) is 5.01. The second-order valence-corrected chi connectivity index (χ2v) is 2.47. The Morgan fingerprint density at radius 2 is 2.27 bits per heavy atom. The SMILES string of the molecule is C=COC(=O)CC.C=Cc1ccccn1. The first-order valence-corrected chi connectivity index (χ1v) is 4.58. The molecule has 0 radical (unpaired) electrons. The van der Waals surface area contributed by atoms with E-state index in [-0.39, 0.29) is 5.97 Å². The Morgan fingerprint density at radius 3 is 2.53 bits per heavy atom. The van der Waals surface area contributed by atoms with Gasteiger partial charge in [0.05, 0.1) is 12.0 Å². The molecule has 0 saturated carbocycles. The van der Waals surface area contributed by atoms with E-state index in [1.807, 2.05) is 18.2 Å². The molecule has 1 aromatic rings. The second kappa shape index (κ2) is 8.69. The van der Waals surface area contributed by atoms with Gasteiger partial charge in [0.1, 0.15) is 0 Å². The number of hydrogen-bond acceptors (Lipinski definition) is 3. The molecule has 15 heavy (non-hydrogen) atoms. The lowest BCUT2D eigenvalue weighted by Gasteiger charge is -1.88. The molecule has 80 valence electrons. The first-order chi connectivity index (χ1) is 7.24. The normalized spacial score (nSPS) is 8.07. The van der Waals surface area contributed by atoms with E-state index in [1.165, 1.54) is 0 Å². The van der Waals surface area contributed by atoms with E-state index in [0.717, 1.165) is 12.0 Å². The number of hydrogen-bond donors (Lipinski definition) is 0. The van der Waals surface area contributed by atoms with E-state index in [4.69, 9.17) is 0 Å². The smallest absolute Gasteiger partial charge is 0.310 e. The molecule has 0 aliphatic rings. The monoisotopic (exact) mass is 205 g/mol. The van der Waals surface area contributed by atoms with Crippen LogP contribution in [0.15, 0.2) is 43.8 Å². The van der Waals surface area contributed by atoms with Crippen LogP contribution in [-0.4, -0.2) is 11.0 Å². The van der Waals surface area contributed by atoms with Crippen LogP contribution in [0.3, 0.4) is 0 Å². The summed E-state index contributed by atoms with van der Waals surface area (Å²) < 4.78 is 4.32. The molecule has 0 spiro atoms. The van der Waals surface area contributed by atoms with Gasteiger partial charge in [-0.15, -0.1) is 0 Å². The van der Waals surface area contributed by atoms with Crippen molar-refractivity contribution >= 4 is 12.0 Å². The summed E-state index contributed by atoms with van der Waals surface area (Å²) >= 11 is 0. The molecule has 0 saturated heterocycles. The van der Waals surface area contributed by atoms with Crippen LogP contribution < -0.4 is 0 Å². The van der Waals surface area contributed by atoms with Crippen LogP contribution in [0.25, 0.3) is 6.08 Å². The van der Waals surface area contributed by atoms with Crippen LogP contribution in [0.2, 0.25) is 0 Å². The molecule has 0 unspecified atom stereocenters. The fourth-order valence-electron chi connectivity index (χ4n) is 0.673. The lowest BCUT2D eigenvalue weighted by atomic mass is 10.4. The van der Waals surface area contributed by atoms with Crippen LogP contribution in [0.1, 0.15) is 19.0 Å². The highest BCUT2D eigenvalue weighted by Crippen LogP contribution is 1.91. The number of carbonyl (C=O) groups excluding carboxylic acids is 1. The molecule has 0 aliphatic carbocycles. The average molecular weight is 205 g/mol. The van der Waals surface area contributed by atoms with E-state index in [0.29, 0.717) is 6.42 Å². The summed E-state index contributed by atoms with van der Waals surface area (Å²) in [5.74, 6) is -0.241. The molecule has 3 nitrogen and oxygen atoms in total. The first kappa shape index (κ1) is 13.1. The minimum Gasteiger partial charge on any atom is -0.435 e. The number of nitrogens with zero attached hydrogens (tertiary/aromatic N) is 1. The quantitative estimate of drug-likeness (QED) is 0.562. The van der Waals surface area contributed by atoms with Gasteiger partial charge in [-0.25, -0.2) is 0 Å². The fraction of sp³-hybridized carbons (Fsp3) is 0.167. The maximum atomic E-state index is 10.1. The highest BCUT2D eigenvalue weighted by atomic mass is 16.5. The zero-order valence-corrected chi connectivity index (χ0v) is 8.85. The van der Waals surface area contributed by atoms with Crippen molar-refractivity contribution < 1.29 is 9.53 Å². The van der Waals surface area contributed by atoms with Gasteiger partial charge in [0.15, 0.2) is 0 Å². The van der Waals surface area contributed by atoms with E-state index >= 15 is 0 Å². The Labute approximate surface area is 90.1 Å². The third-order valence-corrected chi connectivity index (χ3v) is 1.40. The van der Waals surface area contributed by atoms with Crippen molar-refractivity contribution in [2.75, 3.05) is 0 Å². The Hall–Kier alpha value is -1.90. The van der Waals surface area contributed by atoms with Crippen molar-refractivity contribution in [2.45, 2.75) is 13.3 Å². The van der Waals surface area contributed by atoms with Crippen LogP contribution in [0.4, 0.5) is 0 Å². The minimum atomic E-state index is -0.241. The zero-order chi connectivity index (χ0) is 11.5. The van der Waals surface area contributed by atoms with E-state index in [1.54, 1.807) is 19.2 Å². The third kappa shape index (κ3) is 7.19. The van der Waals surface area contributed by atoms with Crippen LogP contribution in [0.5, 0.6) is 0 Å². The zero-order valence-electron chi connectivity index (χ0n) is 8.85. The van der Waals surface area contributed by atoms with E-state index in [2.05, 4.69) is 22.9 Å². The van der Waals surface area contributed by atoms with Crippen molar-refractivity contribution in [1.29, 1.82) is 0 Å². The molecule has 3 heteroatoms. The highest BCUT2D eigenvalue weighted by molar-refractivity contribution is 5.69. The molecule has 0 aliphatic heterocycles. The lowest BCUT2D eigenvalue weighted by Crippen LogP contribution is -1.94. The van der Waals surface area contributed by atoms with Crippen molar-refractivity contribution in [1.82, 2.24) is 4.98 Å². The summed E-state index contributed by atoms with van der Waals surface area (Å²) in [4.78, 5) is 14.1. The van der Waals surface area contributed by atoms with Gasteiger partial charge in [0.25, 0.3) is 0 Å². The van der Waals surface area contributed by atoms with Crippen LogP contribution in [-0.2, 0) is 9.53 Å². The summed E-state index contributed by atoms with van der Waals surface area (Å²) in [6.45, 7) is 8.50. The molecule has 1 heterocycles. The van der Waals surface area contributed by atoms with Gasteiger partial charge in [-0.1, -0.05) is 26.1 Å². The molecule has 0 aromatic carbocycles. The second-order valence-electron chi connectivity index (χ2n) is 2.47. The van der Waals surface area contributed by atoms with Gasteiger partial charge in [-0.2, -0.15) is 0 Å². The largest absolute Gasteiger partial charge is 0.435 e. The predicted molar refractivity (Wildman–Crippen MR) is 60.9 cm³/mol. The fourth-order valence-corrected chi connectivity index (χ4v) is 0.673. The highest BCUT2D eigenvalue weighted by Gasteiger charge is 1.89. The molecule has 0 N–H and O–H groups in total. The number of aromatic nitrogens is 1. The van der Waals surface area contributed by atoms with Crippen molar-refractivity contribution in [3.05, 3.63) is 49.5 Å². The minimum absolute atomic E-state index is 0.241. The molecule has 0 bridgehead atoms. The molecule has 0 amide bonds. The van der Waals surface area contributed by atoms with Crippen molar-refractivity contribution in [2.24, 2.45) is 0 Å². The Morgan fingerprint density at radius 1 is 1.53 bits per heavy atom. The van der Waals surface area contributed by atoms with Gasteiger partial charge in [-0.3, -0.25) is 9.78 Å². The lowest BCUT2D eigenvalue weighted by molar-refractivity contribution is -0.137. The maximum Gasteiger partial charge on any atom is 0.310 e. The molecular weight excluding hydrogens is 190 g/mol. The van der Waals surface area contributed by atoms with Crippen molar-refractivity contribution in [3.8, 4) is 0 Å². The number of esters is 1. The number of ether oxygens (including phenoxy) is 1. The number of rotatable bonds is 3. The van der Waals surface area contributed by atoms with Gasteiger partial charge in [0, 0.05) is 12.6 Å². The molecule has 0 fully saturated rings. The average Bonchev–Trinajstić information content (AvgIpc) is 2.31. The summed E-state index contributed by atoms with van der Waals surface area (Å²) in [6, 6.07) is 5.73. The predicted octanol–water partition coefficient (Wildman–Crippen LogP) is 2.81. The summed E-state index contributed by atoms with van der Waals surface area (Å²) in [7, 11) is 0. The van der Waals surface area contributed by atoms with Gasteiger partial charge < -0.3 is 4.74 Å². The Balaban J connectivity index is 0.000000265.